The van der Waals surface area contributed by atoms with Crippen molar-refractivity contribution in [1.29, 1.82) is 0 Å². The topological polar surface area (TPSA) is 43.1 Å². The summed E-state index contributed by atoms with van der Waals surface area (Å²) in [6.07, 6.45) is 0. The number of hydrogen-bond acceptors (Lipinski definition) is 2. The van der Waals surface area contributed by atoms with E-state index < -0.39 is 10.8 Å². The minimum absolute atomic E-state index is 0.539. The number of nitrogen functional groups attached to an aromatic ring is 1. The van der Waals surface area contributed by atoms with Crippen molar-refractivity contribution in [2.75, 3.05) is 5.73 Å². The SMILES string of the molecule is Cc1ccc(C)c(CS(=O)c2cc(N)ccc2C)c1. The van der Waals surface area contributed by atoms with Crippen LogP contribution in [0.3, 0.4) is 0 Å². The van der Waals surface area contributed by atoms with Gasteiger partial charge in [-0.1, -0.05) is 29.8 Å². The molecule has 1 atom stereocenters. The van der Waals surface area contributed by atoms with Gasteiger partial charge in [0, 0.05) is 10.6 Å². The zero-order valence-corrected chi connectivity index (χ0v) is 12.4. The highest BCUT2D eigenvalue weighted by atomic mass is 32.2. The standard InChI is InChI=1S/C16H19NOS/c1-11-4-5-12(2)14(8-11)10-19(18)16-9-15(17)7-6-13(16)3/h4-9H,10,17H2,1-3H3. The van der Waals surface area contributed by atoms with Gasteiger partial charge in [0.1, 0.15) is 0 Å². The largest absolute Gasteiger partial charge is 0.399 e. The highest BCUT2D eigenvalue weighted by Gasteiger charge is 2.10. The van der Waals surface area contributed by atoms with Gasteiger partial charge in [0.2, 0.25) is 0 Å². The molecule has 0 amide bonds. The molecular formula is C16H19NOS. The lowest BCUT2D eigenvalue weighted by atomic mass is 10.1. The van der Waals surface area contributed by atoms with Gasteiger partial charge in [0.25, 0.3) is 0 Å². The average Bonchev–Trinajstić information content (AvgIpc) is 2.36. The molecule has 0 aliphatic rings. The van der Waals surface area contributed by atoms with E-state index in [-0.39, 0.29) is 0 Å². The van der Waals surface area contributed by atoms with E-state index >= 15 is 0 Å². The fraction of sp³-hybridized carbons (Fsp3) is 0.250. The van der Waals surface area contributed by atoms with E-state index in [1.54, 1.807) is 0 Å². The smallest absolute Gasteiger partial charge is 0.0577 e. The van der Waals surface area contributed by atoms with Crippen molar-refractivity contribution in [3.05, 3.63) is 58.7 Å². The Labute approximate surface area is 117 Å². The number of nitrogens with two attached hydrogens (primary N) is 1. The van der Waals surface area contributed by atoms with Gasteiger partial charge in [-0.05, 0) is 49.6 Å². The first-order valence-electron chi connectivity index (χ1n) is 6.28. The lowest BCUT2D eigenvalue weighted by molar-refractivity contribution is 0.682. The molecule has 0 spiro atoms. The van der Waals surface area contributed by atoms with Crippen LogP contribution in [0.2, 0.25) is 0 Å². The van der Waals surface area contributed by atoms with Crippen LogP contribution < -0.4 is 5.73 Å². The maximum absolute atomic E-state index is 12.5. The van der Waals surface area contributed by atoms with Crippen LogP contribution in [0.5, 0.6) is 0 Å². The van der Waals surface area contributed by atoms with Crippen molar-refractivity contribution in [3.8, 4) is 0 Å². The molecule has 0 aromatic heterocycles. The van der Waals surface area contributed by atoms with Gasteiger partial charge in [-0.3, -0.25) is 4.21 Å². The normalized spacial score (nSPS) is 12.4. The second-order valence-electron chi connectivity index (χ2n) is 4.94. The van der Waals surface area contributed by atoms with Crippen LogP contribution in [0, 0.1) is 20.8 Å². The first-order chi connectivity index (χ1) is 8.97. The molecule has 2 N–H and O–H groups in total. The van der Waals surface area contributed by atoms with E-state index in [1.807, 2.05) is 25.1 Å². The van der Waals surface area contributed by atoms with Crippen LogP contribution in [-0.4, -0.2) is 4.21 Å². The monoisotopic (exact) mass is 273 g/mol. The van der Waals surface area contributed by atoms with E-state index in [0.717, 1.165) is 16.0 Å². The van der Waals surface area contributed by atoms with Crippen LogP contribution in [-0.2, 0) is 16.6 Å². The quantitative estimate of drug-likeness (QED) is 0.870. The van der Waals surface area contributed by atoms with Crippen LogP contribution in [0.25, 0.3) is 0 Å². The second-order valence-corrected chi connectivity index (χ2v) is 6.36. The third-order valence-corrected chi connectivity index (χ3v) is 4.75. The van der Waals surface area contributed by atoms with Crippen molar-refractivity contribution in [1.82, 2.24) is 0 Å². The molecule has 0 saturated carbocycles. The molecule has 2 nitrogen and oxygen atoms in total. The number of benzene rings is 2. The molecule has 2 rings (SSSR count). The summed E-state index contributed by atoms with van der Waals surface area (Å²) >= 11 is 0. The Hall–Kier alpha value is -1.61. The molecule has 0 bridgehead atoms. The Morgan fingerprint density at radius 2 is 1.68 bits per heavy atom. The van der Waals surface area contributed by atoms with Crippen molar-refractivity contribution in [2.45, 2.75) is 31.4 Å². The fourth-order valence-electron chi connectivity index (χ4n) is 2.04. The predicted molar refractivity (Wildman–Crippen MR) is 81.6 cm³/mol. The molecule has 0 fully saturated rings. The number of aryl methyl sites for hydroxylation is 3. The summed E-state index contributed by atoms with van der Waals surface area (Å²) in [5.74, 6) is 0.539. The van der Waals surface area contributed by atoms with E-state index in [2.05, 4.69) is 32.0 Å². The van der Waals surface area contributed by atoms with Crippen molar-refractivity contribution in [3.63, 3.8) is 0 Å². The lowest BCUT2D eigenvalue weighted by Crippen LogP contribution is -2.02. The van der Waals surface area contributed by atoms with Crippen LogP contribution in [0.15, 0.2) is 41.3 Å². The first-order valence-corrected chi connectivity index (χ1v) is 7.60. The fourth-order valence-corrected chi connectivity index (χ4v) is 3.48. The minimum atomic E-state index is -1.05. The minimum Gasteiger partial charge on any atom is -0.399 e. The Morgan fingerprint density at radius 3 is 2.42 bits per heavy atom. The molecule has 0 heterocycles. The van der Waals surface area contributed by atoms with Crippen molar-refractivity contribution in [2.24, 2.45) is 0 Å². The van der Waals surface area contributed by atoms with Crippen LogP contribution in [0.4, 0.5) is 5.69 Å². The molecule has 19 heavy (non-hydrogen) atoms. The summed E-state index contributed by atoms with van der Waals surface area (Å²) in [5.41, 5.74) is 11.0. The summed E-state index contributed by atoms with van der Waals surface area (Å²) < 4.78 is 12.5. The summed E-state index contributed by atoms with van der Waals surface area (Å²) in [7, 11) is -1.05. The van der Waals surface area contributed by atoms with Gasteiger partial charge in [-0.15, -0.1) is 0 Å². The molecular weight excluding hydrogens is 254 g/mol. The average molecular weight is 273 g/mol. The van der Waals surface area contributed by atoms with Crippen LogP contribution >= 0.6 is 0 Å². The maximum Gasteiger partial charge on any atom is 0.0577 e. The lowest BCUT2D eigenvalue weighted by Gasteiger charge is -2.10. The summed E-state index contributed by atoms with van der Waals surface area (Å²) in [5, 5.41) is 0. The van der Waals surface area contributed by atoms with E-state index in [4.69, 9.17) is 5.73 Å². The Bertz CT molecular complexity index is 635. The van der Waals surface area contributed by atoms with E-state index in [0.29, 0.717) is 11.4 Å². The molecule has 2 aromatic rings. The van der Waals surface area contributed by atoms with Crippen LogP contribution in [0.1, 0.15) is 22.3 Å². The predicted octanol–water partition coefficient (Wildman–Crippen LogP) is 3.50. The van der Waals surface area contributed by atoms with Crippen molar-refractivity contribution < 1.29 is 4.21 Å². The third kappa shape index (κ3) is 3.24. The van der Waals surface area contributed by atoms with E-state index in [1.165, 1.54) is 11.1 Å². The maximum atomic E-state index is 12.5. The first kappa shape index (κ1) is 13.8. The molecule has 3 heteroatoms. The Balaban J connectivity index is 2.30. The Morgan fingerprint density at radius 1 is 1.00 bits per heavy atom. The highest BCUT2D eigenvalue weighted by Crippen LogP contribution is 2.21. The Kier molecular flexibility index (Phi) is 4.05. The summed E-state index contributed by atoms with van der Waals surface area (Å²) in [6.45, 7) is 6.07. The van der Waals surface area contributed by atoms with Gasteiger partial charge < -0.3 is 5.73 Å². The molecule has 0 aliphatic heterocycles. The molecule has 0 saturated heterocycles. The van der Waals surface area contributed by atoms with Gasteiger partial charge in [-0.2, -0.15) is 0 Å². The highest BCUT2D eigenvalue weighted by molar-refractivity contribution is 7.84. The van der Waals surface area contributed by atoms with Gasteiger partial charge in [0.15, 0.2) is 0 Å². The summed E-state index contributed by atoms with van der Waals surface area (Å²) in [6, 6.07) is 11.8. The zero-order valence-electron chi connectivity index (χ0n) is 11.6. The van der Waals surface area contributed by atoms with E-state index in [9.17, 15) is 4.21 Å². The number of hydrogen-bond donors (Lipinski definition) is 1. The van der Waals surface area contributed by atoms with Gasteiger partial charge in [-0.25, -0.2) is 0 Å². The van der Waals surface area contributed by atoms with Gasteiger partial charge >= 0.3 is 0 Å². The molecule has 2 aromatic carbocycles. The van der Waals surface area contributed by atoms with Crippen molar-refractivity contribution >= 4 is 16.5 Å². The summed E-state index contributed by atoms with van der Waals surface area (Å²) in [4.78, 5) is 0.834. The third-order valence-electron chi connectivity index (χ3n) is 3.25. The molecule has 0 radical (unpaired) electrons. The molecule has 100 valence electrons. The van der Waals surface area contributed by atoms with Gasteiger partial charge in [0.05, 0.1) is 16.6 Å². The zero-order chi connectivity index (χ0) is 14.0. The number of rotatable bonds is 3. The molecule has 0 aliphatic carbocycles. The second kappa shape index (κ2) is 5.57. The number of anilines is 1. The molecule has 1 unspecified atom stereocenters.